The minimum absolute atomic E-state index is 0.477. The lowest BCUT2D eigenvalue weighted by Gasteiger charge is -2.24. The predicted octanol–water partition coefficient (Wildman–Crippen LogP) is 3.71. The lowest BCUT2D eigenvalue weighted by Crippen LogP contribution is -2.46. The molecular formula is C20H25NO3S. The molecule has 4 nitrogen and oxygen atoms in total. The van der Waals surface area contributed by atoms with E-state index in [2.05, 4.69) is 36.4 Å². The highest BCUT2D eigenvalue weighted by Gasteiger charge is 2.36. The first kappa shape index (κ1) is 19.3. The Morgan fingerprint density at radius 3 is 2.20 bits per heavy atom. The molecule has 0 spiro atoms. The molecule has 0 aliphatic heterocycles. The molecular weight excluding hydrogens is 334 g/mol. The summed E-state index contributed by atoms with van der Waals surface area (Å²) in [6.07, 6.45) is 4.55. The molecule has 0 bridgehead atoms. The average molecular weight is 359 g/mol. The van der Waals surface area contributed by atoms with Gasteiger partial charge in [-0.1, -0.05) is 61.0 Å². The number of hydrogen-bond acceptors (Lipinski definition) is 3. The van der Waals surface area contributed by atoms with Crippen LogP contribution in [0.3, 0.4) is 0 Å². The highest BCUT2D eigenvalue weighted by Crippen LogP contribution is 2.23. The summed E-state index contributed by atoms with van der Waals surface area (Å²) in [4.78, 5) is 11.8. The van der Waals surface area contributed by atoms with E-state index in [4.69, 9.17) is 5.21 Å². The fraction of sp³-hybridized carbons (Fsp3) is 0.350. The van der Waals surface area contributed by atoms with E-state index in [9.17, 15) is 9.00 Å². The third kappa shape index (κ3) is 5.00. The van der Waals surface area contributed by atoms with Crippen LogP contribution in [-0.2, 0) is 22.0 Å². The molecule has 2 N–H and O–H groups in total. The summed E-state index contributed by atoms with van der Waals surface area (Å²) in [7, 11) is -1.34. The summed E-state index contributed by atoms with van der Waals surface area (Å²) in [5.74, 6) is -0.583. The van der Waals surface area contributed by atoms with Gasteiger partial charge in [0.05, 0.1) is 0 Å². The van der Waals surface area contributed by atoms with Gasteiger partial charge in [0.2, 0.25) is 0 Å². The molecule has 25 heavy (non-hydrogen) atoms. The van der Waals surface area contributed by atoms with Gasteiger partial charge in [-0.05, 0) is 42.9 Å². The molecule has 0 heterocycles. The van der Waals surface area contributed by atoms with E-state index in [0.29, 0.717) is 6.42 Å². The highest BCUT2D eigenvalue weighted by atomic mass is 32.2. The van der Waals surface area contributed by atoms with Crippen LogP contribution in [0.5, 0.6) is 0 Å². The van der Waals surface area contributed by atoms with Crippen molar-refractivity contribution in [1.29, 1.82) is 0 Å². The minimum Gasteiger partial charge on any atom is -0.289 e. The number of carbonyl (C=O) groups excluding carboxylic acids is 1. The second-order valence-corrected chi connectivity index (χ2v) is 8.21. The summed E-state index contributed by atoms with van der Waals surface area (Å²) < 4.78 is 10.8. The number of rotatable bonds is 8. The van der Waals surface area contributed by atoms with Crippen LogP contribution < -0.4 is 5.48 Å². The van der Waals surface area contributed by atoms with Gasteiger partial charge >= 0.3 is 0 Å². The Bertz CT molecular complexity index is 715. The van der Waals surface area contributed by atoms with Crippen molar-refractivity contribution in [1.82, 2.24) is 5.48 Å². The summed E-state index contributed by atoms with van der Waals surface area (Å²) >= 11 is 0. The standard InChI is InChI=1S/C20H25NO3S/c1-20(25(2)24,19(22)21-23)15-7-6-8-16-11-13-18(14-12-16)17-9-4-3-5-10-17/h3-5,9-14,23H,6-8,15H2,1-2H3,(H,21,22). The van der Waals surface area contributed by atoms with Crippen LogP contribution in [0.2, 0.25) is 0 Å². The smallest absolute Gasteiger partial charge is 0.261 e. The molecule has 0 radical (unpaired) electrons. The molecule has 2 rings (SSSR count). The summed E-state index contributed by atoms with van der Waals surface area (Å²) in [6.45, 7) is 1.63. The molecule has 2 aromatic carbocycles. The number of hydroxylamine groups is 1. The molecule has 5 heteroatoms. The number of nitrogens with one attached hydrogen (secondary N) is 1. The number of hydrogen-bond donors (Lipinski definition) is 2. The van der Waals surface area contributed by atoms with E-state index in [1.165, 1.54) is 22.9 Å². The molecule has 134 valence electrons. The quantitative estimate of drug-likeness (QED) is 0.429. The second-order valence-electron chi connectivity index (χ2n) is 6.40. The SMILES string of the molecule is CS(=O)C(C)(CCCCc1ccc(-c2ccccc2)cc1)C(=O)NO. The molecule has 0 saturated carbocycles. The first-order valence-corrected chi connectivity index (χ1v) is 9.95. The van der Waals surface area contributed by atoms with Crippen molar-refractivity contribution in [3.8, 4) is 11.1 Å². The number of aryl methyl sites for hydroxylation is 1. The fourth-order valence-corrected chi connectivity index (χ4v) is 3.53. The predicted molar refractivity (Wildman–Crippen MR) is 102 cm³/mol. The maximum Gasteiger partial charge on any atom is 0.261 e. The zero-order chi connectivity index (χ0) is 18.3. The van der Waals surface area contributed by atoms with Crippen molar-refractivity contribution < 1.29 is 14.2 Å². The molecule has 0 aliphatic rings. The maximum absolute atomic E-state index is 11.8. The van der Waals surface area contributed by atoms with Crippen LogP contribution in [0.15, 0.2) is 54.6 Å². The van der Waals surface area contributed by atoms with Gasteiger partial charge in [0, 0.05) is 17.1 Å². The third-order valence-electron chi connectivity index (χ3n) is 4.65. The zero-order valence-electron chi connectivity index (χ0n) is 14.7. The summed E-state index contributed by atoms with van der Waals surface area (Å²) in [5.41, 5.74) is 5.27. The largest absolute Gasteiger partial charge is 0.289 e. The first-order valence-electron chi connectivity index (χ1n) is 8.40. The van der Waals surface area contributed by atoms with Gasteiger partial charge in [0.15, 0.2) is 0 Å². The number of unbranched alkanes of at least 4 members (excludes halogenated alkanes) is 1. The minimum atomic E-state index is -1.34. The van der Waals surface area contributed by atoms with Crippen LogP contribution in [0.25, 0.3) is 11.1 Å². The lowest BCUT2D eigenvalue weighted by atomic mass is 9.98. The van der Waals surface area contributed by atoms with Crippen LogP contribution in [-0.4, -0.2) is 26.3 Å². The topological polar surface area (TPSA) is 66.4 Å². The molecule has 0 fully saturated rings. The Hall–Kier alpha value is -1.98. The van der Waals surface area contributed by atoms with Crippen molar-refractivity contribution in [3.05, 3.63) is 60.2 Å². The van der Waals surface area contributed by atoms with Crippen LogP contribution in [0.4, 0.5) is 0 Å². The van der Waals surface area contributed by atoms with Gasteiger partial charge < -0.3 is 0 Å². The average Bonchev–Trinajstić information content (AvgIpc) is 2.65. The van der Waals surface area contributed by atoms with Gasteiger partial charge in [-0.3, -0.25) is 14.2 Å². The van der Waals surface area contributed by atoms with Gasteiger partial charge in [0.1, 0.15) is 4.75 Å². The van der Waals surface area contributed by atoms with E-state index in [-0.39, 0.29) is 0 Å². The molecule has 0 aromatic heterocycles. The highest BCUT2D eigenvalue weighted by molar-refractivity contribution is 7.86. The Labute approximate surface area is 151 Å². The number of benzene rings is 2. The van der Waals surface area contributed by atoms with Crippen molar-refractivity contribution in [2.45, 2.75) is 37.4 Å². The molecule has 2 atom stereocenters. The Morgan fingerprint density at radius 2 is 1.64 bits per heavy atom. The number of amides is 1. The normalized spacial score (nSPS) is 14.5. The molecule has 2 unspecified atom stereocenters. The van der Waals surface area contributed by atoms with E-state index in [1.807, 2.05) is 18.2 Å². The van der Waals surface area contributed by atoms with Gasteiger partial charge in [-0.2, -0.15) is 0 Å². The van der Waals surface area contributed by atoms with Gasteiger partial charge in [0.25, 0.3) is 5.91 Å². The van der Waals surface area contributed by atoms with Crippen molar-refractivity contribution in [2.24, 2.45) is 0 Å². The van der Waals surface area contributed by atoms with E-state index >= 15 is 0 Å². The zero-order valence-corrected chi connectivity index (χ0v) is 15.5. The summed E-state index contributed by atoms with van der Waals surface area (Å²) in [6, 6.07) is 18.7. The molecule has 1 amide bonds. The van der Waals surface area contributed by atoms with Crippen LogP contribution in [0, 0.1) is 0 Å². The second kappa shape index (κ2) is 8.92. The van der Waals surface area contributed by atoms with Crippen molar-refractivity contribution >= 4 is 16.7 Å². The van der Waals surface area contributed by atoms with Crippen LogP contribution >= 0.6 is 0 Å². The first-order chi connectivity index (χ1) is 12.0. The lowest BCUT2D eigenvalue weighted by molar-refractivity contribution is -0.131. The molecule has 0 aliphatic carbocycles. The van der Waals surface area contributed by atoms with E-state index in [1.54, 1.807) is 12.4 Å². The maximum atomic E-state index is 11.8. The van der Waals surface area contributed by atoms with Gasteiger partial charge in [-0.25, -0.2) is 5.48 Å². The molecule has 0 saturated heterocycles. The van der Waals surface area contributed by atoms with Crippen LogP contribution in [0.1, 0.15) is 31.7 Å². The van der Waals surface area contributed by atoms with Crippen molar-refractivity contribution in [2.75, 3.05) is 6.26 Å². The molecule has 2 aromatic rings. The fourth-order valence-electron chi connectivity index (χ4n) is 2.79. The monoisotopic (exact) mass is 359 g/mol. The number of carbonyl (C=O) groups is 1. The van der Waals surface area contributed by atoms with E-state index in [0.717, 1.165) is 19.3 Å². The van der Waals surface area contributed by atoms with Gasteiger partial charge in [-0.15, -0.1) is 0 Å². The third-order valence-corrected chi connectivity index (χ3v) is 6.31. The van der Waals surface area contributed by atoms with Crippen molar-refractivity contribution in [3.63, 3.8) is 0 Å². The summed E-state index contributed by atoms with van der Waals surface area (Å²) in [5, 5.41) is 8.84. The van der Waals surface area contributed by atoms with E-state index < -0.39 is 21.5 Å². The Kier molecular flexibility index (Phi) is 6.91. The Morgan fingerprint density at radius 1 is 1.04 bits per heavy atom. The Balaban J connectivity index is 1.88.